The van der Waals surface area contributed by atoms with Crippen molar-refractivity contribution in [3.63, 3.8) is 0 Å². The molecular formula is C10H14. The van der Waals surface area contributed by atoms with Gasteiger partial charge in [-0.1, -0.05) is 37.1 Å². The normalized spacial score (nSPS) is 36.2. The lowest BCUT2D eigenvalue weighted by Gasteiger charge is -2.09. The summed E-state index contributed by atoms with van der Waals surface area (Å²) in [4.78, 5) is 0. The summed E-state index contributed by atoms with van der Waals surface area (Å²) in [6, 6.07) is 0. The van der Waals surface area contributed by atoms with Crippen LogP contribution in [0, 0.1) is 11.8 Å². The SMILES string of the molecule is CCC1=C[C@@H](C)C=C2CC12. The third kappa shape index (κ3) is 0.828. The van der Waals surface area contributed by atoms with E-state index >= 15 is 0 Å². The Labute approximate surface area is 62.6 Å². The zero-order chi connectivity index (χ0) is 7.14. The third-order valence-electron chi connectivity index (χ3n) is 2.54. The molecule has 54 valence electrons. The summed E-state index contributed by atoms with van der Waals surface area (Å²) >= 11 is 0. The van der Waals surface area contributed by atoms with Gasteiger partial charge in [-0.05, 0) is 18.8 Å². The van der Waals surface area contributed by atoms with Crippen LogP contribution in [0.25, 0.3) is 0 Å². The minimum absolute atomic E-state index is 0.712. The molecule has 2 atom stereocenters. The minimum atomic E-state index is 0.712. The number of hydrogen-bond acceptors (Lipinski definition) is 0. The van der Waals surface area contributed by atoms with Crippen LogP contribution in [0.1, 0.15) is 26.7 Å². The van der Waals surface area contributed by atoms with Crippen LogP contribution in [0.2, 0.25) is 0 Å². The van der Waals surface area contributed by atoms with Crippen molar-refractivity contribution in [1.82, 2.24) is 0 Å². The van der Waals surface area contributed by atoms with Crippen molar-refractivity contribution >= 4 is 0 Å². The van der Waals surface area contributed by atoms with E-state index in [1.165, 1.54) is 12.8 Å². The quantitative estimate of drug-likeness (QED) is 0.484. The predicted octanol–water partition coefficient (Wildman–Crippen LogP) is 2.92. The van der Waals surface area contributed by atoms with Crippen LogP contribution < -0.4 is 0 Å². The highest BCUT2D eigenvalue weighted by atomic mass is 14.4. The Morgan fingerprint density at radius 2 is 2.30 bits per heavy atom. The predicted molar refractivity (Wildman–Crippen MR) is 43.7 cm³/mol. The van der Waals surface area contributed by atoms with Crippen molar-refractivity contribution in [2.75, 3.05) is 0 Å². The van der Waals surface area contributed by atoms with E-state index in [0.717, 1.165) is 5.92 Å². The van der Waals surface area contributed by atoms with E-state index in [0.29, 0.717) is 5.92 Å². The lowest BCUT2D eigenvalue weighted by Crippen LogP contribution is -1.94. The van der Waals surface area contributed by atoms with E-state index in [9.17, 15) is 0 Å². The summed E-state index contributed by atoms with van der Waals surface area (Å²) < 4.78 is 0. The summed E-state index contributed by atoms with van der Waals surface area (Å²) in [5.41, 5.74) is 3.39. The van der Waals surface area contributed by atoms with E-state index in [-0.39, 0.29) is 0 Å². The highest BCUT2D eigenvalue weighted by molar-refractivity contribution is 5.40. The third-order valence-corrected chi connectivity index (χ3v) is 2.54. The molecular weight excluding hydrogens is 120 g/mol. The van der Waals surface area contributed by atoms with Gasteiger partial charge < -0.3 is 0 Å². The van der Waals surface area contributed by atoms with Crippen LogP contribution in [-0.2, 0) is 0 Å². The molecule has 0 heterocycles. The average molecular weight is 134 g/mol. The summed E-state index contributed by atoms with van der Waals surface area (Å²) in [5.74, 6) is 1.60. The first-order chi connectivity index (χ1) is 4.81. The van der Waals surface area contributed by atoms with Crippen molar-refractivity contribution in [3.05, 3.63) is 23.3 Å². The Hall–Kier alpha value is -0.520. The molecule has 0 spiro atoms. The highest BCUT2D eigenvalue weighted by Crippen LogP contribution is 2.48. The molecule has 0 bridgehead atoms. The van der Waals surface area contributed by atoms with E-state index < -0.39 is 0 Å². The summed E-state index contributed by atoms with van der Waals surface area (Å²) in [7, 11) is 0. The lowest BCUT2D eigenvalue weighted by atomic mass is 9.97. The highest BCUT2D eigenvalue weighted by Gasteiger charge is 2.34. The van der Waals surface area contributed by atoms with Crippen molar-refractivity contribution in [2.24, 2.45) is 11.8 Å². The zero-order valence-corrected chi connectivity index (χ0v) is 6.72. The first-order valence-corrected chi connectivity index (χ1v) is 4.22. The molecule has 2 aliphatic rings. The fourth-order valence-corrected chi connectivity index (χ4v) is 1.93. The molecule has 0 aliphatic heterocycles. The maximum absolute atomic E-state index is 2.43. The van der Waals surface area contributed by atoms with Crippen molar-refractivity contribution in [3.8, 4) is 0 Å². The molecule has 0 N–H and O–H groups in total. The van der Waals surface area contributed by atoms with Gasteiger partial charge in [-0.25, -0.2) is 0 Å². The Kier molecular flexibility index (Phi) is 1.23. The Morgan fingerprint density at radius 3 is 3.00 bits per heavy atom. The van der Waals surface area contributed by atoms with Gasteiger partial charge in [0.25, 0.3) is 0 Å². The monoisotopic (exact) mass is 134 g/mol. The molecule has 0 radical (unpaired) electrons. The van der Waals surface area contributed by atoms with Gasteiger partial charge in [-0.3, -0.25) is 0 Å². The molecule has 0 aromatic carbocycles. The smallest absolute Gasteiger partial charge is 0.00450 e. The Morgan fingerprint density at radius 1 is 1.50 bits per heavy atom. The molecule has 1 unspecified atom stereocenters. The van der Waals surface area contributed by atoms with Gasteiger partial charge in [0.1, 0.15) is 0 Å². The van der Waals surface area contributed by atoms with Gasteiger partial charge in [0.2, 0.25) is 0 Å². The van der Waals surface area contributed by atoms with Gasteiger partial charge >= 0.3 is 0 Å². The van der Waals surface area contributed by atoms with Crippen LogP contribution in [0.3, 0.4) is 0 Å². The number of allylic oxidation sites excluding steroid dienone is 4. The molecule has 0 nitrogen and oxygen atoms in total. The zero-order valence-electron chi connectivity index (χ0n) is 6.72. The fraction of sp³-hybridized carbons (Fsp3) is 0.600. The van der Waals surface area contributed by atoms with Crippen LogP contribution >= 0.6 is 0 Å². The largest absolute Gasteiger partial charge is 0.0781 e. The molecule has 2 rings (SSSR count). The second-order valence-corrected chi connectivity index (χ2v) is 3.45. The Balaban J connectivity index is 2.22. The van der Waals surface area contributed by atoms with Gasteiger partial charge in [-0.2, -0.15) is 0 Å². The molecule has 0 aromatic heterocycles. The second-order valence-electron chi connectivity index (χ2n) is 3.45. The first-order valence-electron chi connectivity index (χ1n) is 4.22. The Bertz CT molecular complexity index is 208. The van der Waals surface area contributed by atoms with Crippen molar-refractivity contribution in [1.29, 1.82) is 0 Å². The van der Waals surface area contributed by atoms with E-state index in [4.69, 9.17) is 0 Å². The lowest BCUT2D eigenvalue weighted by molar-refractivity contribution is 0.831. The average Bonchev–Trinajstić information content (AvgIpc) is 2.64. The van der Waals surface area contributed by atoms with Crippen molar-refractivity contribution < 1.29 is 0 Å². The van der Waals surface area contributed by atoms with Gasteiger partial charge in [-0.15, -0.1) is 0 Å². The van der Waals surface area contributed by atoms with Gasteiger partial charge in [0.15, 0.2) is 0 Å². The fourth-order valence-electron chi connectivity index (χ4n) is 1.93. The van der Waals surface area contributed by atoms with Gasteiger partial charge in [0.05, 0.1) is 0 Å². The van der Waals surface area contributed by atoms with Gasteiger partial charge in [0, 0.05) is 5.92 Å². The van der Waals surface area contributed by atoms with Crippen molar-refractivity contribution in [2.45, 2.75) is 26.7 Å². The maximum atomic E-state index is 2.43. The molecule has 0 heteroatoms. The number of fused-ring (bicyclic) bond motifs is 1. The first kappa shape index (κ1) is 6.21. The molecule has 10 heavy (non-hydrogen) atoms. The standard InChI is InChI=1S/C10H14/c1-3-8-4-7(2)5-9-6-10(8)9/h4-5,7,10H,3,6H2,1-2H3/t7-,10?/m1/s1. The maximum Gasteiger partial charge on any atom is 0.00450 e. The topological polar surface area (TPSA) is 0 Å². The minimum Gasteiger partial charge on any atom is -0.0781 e. The van der Waals surface area contributed by atoms with Crippen LogP contribution in [0.5, 0.6) is 0 Å². The molecule has 1 fully saturated rings. The van der Waals surface area contributed by atoms with Crippen LogP contribution in [-0.4, -0.2) is 0 Å². The number of rotatable bonds is 1. The van der Waals surface area contributed by atoms with Crippen LogP contribution in [0.4, 0.5) is 0 Å². The molecule has 0 amide bonds. The van der Waals surface area contributed by atoms with E-state index in [1.54, 1.807) is 11.1 Å². The van der Waals surface area contributed by atoms with E-state index in [1.807, 2.05) is 0 Å². The summed E-state index contributed by atoms with van der Waals surface area (Å²) in [6.45, 7) is 4.54. The second kappa shape index (κ2) is 1.98. The number of hydrogen-bond donors (Lipinski definition) is 0. The summed E-state index contributed by atoms with van der Waals surface area (Å²) in [5, 5.41) is 0. The van der Waals surface area contributed by atoms with Crippen LogP contribution in [0.15, 0.2) is 23.3 Å². The molecule has 0 saturated heterocycles. The summed E-state index contributed by atoms with van der Waals surface area (Å²) in [6.07, 6.45) is 7.47. The molecule has 2 aliphatic carbocycles. The molecule has 0 aromatic rings. The van der Waals surface area contributed by atoms with E-state index in [2.05, 4.69) is 26.0 Å². The molecule has 1 saturated carbocycles.